The van der Waals surface area contributed by atoms with Gasteiger partial charge in [-0.25, -0.2) is 4.52 Å². The lowest BCUT2D eigenvalue weighted by Crippen LogP contribution is -2.26. The van der Waals surface area contributed by atoms with Gasteiger partial charge in [-0.15, -0.1) is 5.10 Å². The number of benzene rings is 2. The summed E-state index contributed by atoms with van der Waals surface area (Å²) < 4.78 is 13.0. The standard InChI is InChI=1S/C23H20N6O3/c1-23(2)15-5-4-14(12-16(15)26-21(23)30)25-22-27-20-19(24-7-8-29(20)28-22)13-3-6-17-18(11-13)32-10-9-31-17/h3-8,11-12H,9-10H2,1-2H3,(H,25,28)(H,26,30). The molecule has 2 aromatic carbocycles. The molecule has 0 bridgehead atoms. The number of amides is 1. The molecule has 160 valence electrons. The highest BCUT2D eigenvalue weighted by molar-refractivity contribution is 6.06. The maximum atomic E-state index is 12.2. The molecule has 32 heavy (non-hydrogen) atoms. The minimum absolute atomic E-state index is 0.00866. The highest BCUT2D eigenvalue weighted by Gasteiger charge is 2.38. The first-order chi connectivity index (χ1) is 15.5. The summed E-state index contributed by atoms with van der Waals surface area (Å²) in [6.07, 6.45) is 3.44. The average Bonchev–Trinajstić information content (AvgIpc) is 3.30. The number of aromatic nitrogens is 4. The Bertz CT molecular complexity index is 1390. The molecule has 0 radical (unpaired) electrons. The second kappa shape index (κ2) is 6.68. The predicted octanol–water partition coefficient (Wildman–Crippen LogP) is 3.54. The van der Waals surface area contributed by atoms with Crippen molar-refractivity contribution in [2.24, 2.45) is 0 Å². The Balaban J connectivity index is 1.34. The van der Waals surface area contributed by atoms with Crippen molar-refractivity contribution < 1.29 is 14.3 Å². The van der Waals surface area contributed by atoms with Crippen LogP contribution in [0.5, 0.6) is 11.5 Å². The van der Waals surface area contributed by atoms with Gasteiger partial charge in [0.25, 0.3) is 0 Å². The summed E-state index contributed by atoms with van der Waals surface area (Å²) in [5, 5.41) is 10.7. The van der Waals surface area contributed by atoms with Crippen molar-refractivity contribution in [3.63, 3.8) is 0 Å². The molecule has 6 rings (SSSR count). The Morgan fingerprint density at radius 3 is 2.81 bits per heavy atom. The monoisotopic (exact) mass is 428 g/mol. The predicted molar refractivity (Wildman–Crippen MR) is 119 cm³/mol. The first kappa shape index (κ1) is 18.6. The number of anilines is 3. The van der Waals surface area contributed by atoms with Gasteiger partial charge in [-0.1, -0.05) is 6.07 Å². The zero-order chi connectivity index (χ0) is 21.9. The molecule has 4 aromatic rings. The summed E-state index contributed by atoms with van der Waals surface area (Å²) >= 11 is 0. The molecule has 2 aliphatic rings. The first-order valence-corrected chi connectivity index (χ1v) is 10.3. The molecule has 9 nitrogen and oxygen atoms in total. The summed E-state index contributed by atoms with van der Waals surface area (Å²) in [6.45, 7) is 4.89. The second-order valence-electron chi connectivity index (χ2n) is 8.30. The van der Waals surface area contributed by atoms with Crippen molar-refractivity contribution in [1.29, 1.82) is 0 Å². The molecule has 0 unspecified atom stereocenters. The Kier molecular flexibility index (Phi) is 3.89. The number of fused-ring (bicyclic) bond motifs is 3. The van der Waals surface area contributed by atoms with E-state index >= 15 is 0 Å². The number of carbonyl (C=O) groups excluding carboxylic acids is 1. The lowest BCUT2D eigenvalue weighted by Gasteiger charge is -2.18. The number of nitrogens with one attached hydrogen (secondary N) is 2. The first-order valence-electron chi connectivity index (χ1n) is 10.3. The lowest BCUT2D eigenvalue weighted by atomic mass is 9.86. The van der Waals surface area contributed by atoms with Gasteiger partial charge in [0, 0.05) is 29.3 Å². The smallest absolute Gasteiger partial charge is 0.247 e. The van der Waals surface area contributed by atoms with E-state index in [2.05, 4.69) is 25.7 Å². The number of rotatable bonds is 3. The van der Waals surface area contributed by atoms with E-state index in [9.17, 15) is 4.79 Å². The van der Waals surface area contributed by atoms with Crippen molar-refractivity contribution in [3.8, 4) is 22.8 Å². The molecule has 0 spiro atoms. The van der Waals surface area contributed by atoms with Crippen LogP contribution >= 0.6 is 0 Å². The Morgan fingerprint density at radius 2 is 1.94 bits per heavy atom. The summed E-state index contributed by atoms with van der Waals surface area (Å²) in [7, 11) is 0. The Morgan fingerprint density at radius 1 is 1.09 bits per heavy atom. The van der Waals surface area contributed by atoms with E-state index in [1.54, 1.807) is 16.9 Å². The lowest BCUT2D eigenvalue weighted by molar-refractivity contribution is -0.119. The van der Waals surface area contributed by atoms with Crippen LogP contribution in [-0.2, 0) is 10.2 Å². The molecule has 0 fully saturated rings. The van der Waals surface area contributed by atoms with Crippen LogP contribution < -0.4 is 20.1 Å². The molecular formula is C23H20N6O3. The van der Waals surface area contributed by atoms with Gasteiger partial charge >= 0.3 is 0 Å². The van der Waals surface area contributed by atoms with Crippen LogP contribution in [0.2, 0.25) is 0 Å². The second-order valence-corrected chi connectivity index (χ2v) is 8.30. The molecule has 0 saturated carbocycles. The van der Waals surface area contributed by atoms with Gasteiger partial charge < -0.3 is 20.1 Å². The fraction of sp³-hybridized carbons (Fsp3) is 0.217. The van der Waals surface area contributed by atoms with Crippen LogP contribution in [0, 0.1) is 0 Å². The van der Waals surface area contributed by atoms with Gasteiger partial charge in [-0.2, -0.15) is 4.98 Å². The molecular weight excluding hydrogens is 408 g/mol. The van der Waals surface area contributed by atoms with E-state index in [4.69, 9.17) is 9.47 Å². The van der Waals surface area contributed by atoms with Crippen LogP contribution in [0.1, 0.15) is 19.4 Å². The van der Waals surface area contributed by atoms with Gasteiger partial charge in [0.15, 0.2) is 17.1 Å². The molecule has 2 aromatic heterocycles. The van der Waals surface area contributed by atoms with Crippen LogP contribution in [0.3, 0.4) is 0 Å². The molecule has 2 N–H and O–H groups in total. The normalized spacial score (nSPS) is 16.0. The third-order valence-electron chi connectivity index (χ3n) is 5.84. The molecule has 9 heteroatoms. The zero-order valence-electron chi connectivity index (χ0n) is 17.5. The summed E-state index contributed by atoms with van der Waals surface area (Å²) in [5.41, 5.74) is 4.18. The van der Waals surface area contributed by atoms with Gasteiger partial charge in [-0.05, 0) is 49.7 Å². The number of hydrogen-bond acceptors (Lipinski definition) is 7. The molecule has 1 amide bonds. The highest BCUT2D eigenvalue weighted by atomic mass is 16.6. The van der Waals surface area contributed by atoms with Gasteiger partial charge in [0.1, 0.15) is 18.9 Å². The highest BCUT2D eigenvalue weighted by Crippen LogP contribution is 2.39. The Hall–Kier alpha value is -4.14. The molecule has 0 saturated heterocycles. The van der Waals surface area contributed by atoms with Gasteiger partial charge in [0.2, 0.25) is 11.9 Å². The van der Waals surface area contributed by atoms with Crippen molar-refractivity contribution in [2.45, 2.75) is 19.3 Å². The number of nitrogens with zero attached hydrogens (tertiary/aromatic N) is 4. The minimum atomic E-state index is -0.542. The molecule has 0 aliphatic carbocycles. The topological polar surface area (TPSA) is 103 Å². The van der Waals surface area contributed by atoms with Gasteiger partial charge in [0.05, 0.1) is 5.41 Å². The van der Waals surface area contributed by atoms with Crippen LogP contribution in [0.15, 0.2) is 48.8 Å². The quantitative estimate of drug-likeness (QED) is 0.515. The SMILES string of the molecule is CC1(C)C(=O)Nc2cc(Nc3nc4c(-c5ccc6c(c5)OCCO6)nccn4n3)ccc21. The third-order valence-corrected chi connectivity index (χ3v) is 5.84. The molecule has 4 heterocycles. The third kappa shape index (κ3) is 2.85. The largest absolute Gasteiger partial charge is 0.486 e. The summed E-state index contributed by atoms with van der Waals surface area (Å²) in [5.74, 6) is 1.84. The molecule has 0 atom stereocenters. The van der Waals surface area contributed by atoms with E-state index < -0.39 is 5.41 Å². The van der Waals surface area contributed by atoms with E-state index in [0.29, 0.717) is 36.3 Å². The minimum Gasteiger partial charge on any atom is -0.486 e. The number of carbonyl (C=O) groups is 1. The maximum Gasteiger partial charge on any atom is 0.247 e. The zero-order valence-corrected chi connectivity index (χ0v) is 17.5. The van der Waals surface area contributed by atoms with Crippen molar-refractivity contribution >= 4 is 28.9 Å². The fourth-order valence-electron chi connectivity index (χ4n) is 4.07. The molecule has 2 aliphatic heterocycles. The van der Waals surface area contributed by atoms with Crippen molar-refractivity contribution in [3.05, 3.63) is 54.4 Å². The van der Waals surface area contributed by atoms with Crippen LogP contribution in [0.4, 0.5) is 17.3 Å². The van der Waals surface area contributed by atoms with Crippen LogP contribution in [-0.4, -0.2) is 38.7 Å². The average molecular weight is 428 g/mol. The number of ether oxygens (including phenoxy) is 2. The number of hydrogen-bond donors (Lipinski definition) is 2. The van der Waals surface area contributed by atoms with Crippen LogP contribution in [0.25, 0.3) is 16.9 Å². The van der Waals surface area contributed by atoms with E-state index in [-0.39, 0.29) is 5.91 Å². The van der Waals surface area contributed by atoms with Crippen molar-refractivity contribution in [2.75, 3.05) is 23.8 Å². The summed E-state index contributed by atoms with van der Waals surface area (Å²) in [4.78, 5) is 21.4. The Labute approximate surface area is 183 Å². The van der Waals surface area contributed by atoms with E-state index in [1.165, 1.54) is 0 Å². The van der Waals surface area contributed by atoms with E-state index in [1.807, 2.05) is 50.2 Å². The van der Waals surface area contributed by atoms with Gasteiger partial charge in [-0.3, -0.25) is 9.78 Å². The summed E-state index contributed by atoms with van der Waals surface area (Å²) in [6, 6.07) is 11.5. The maximum absolute atomic E-state index is 12.2. The fourth-order valence-corrected chi connectivity index (χ4v) is 4.07. The van der Waals surface area contributed by atoms with Crippen molar-refractivity contribution in [1.82, 2.24) is 19.6 Å². The van der Waals surface area contributed by atoms with E-state index in [0.717, 1.165) is 28.3 Å².